The van der Waals surface area contributed by atoms with Crippen molar-refractivity contribution in [1.82, 2.24) is 5.32 Å². The van der Waals surface area contributed by atoms with E-state index in [4.69, 9.17) is 16.3 Å². The van der Waals surface area contributed by atoms with Gasteiger partial charge in [0.1, 0.15) is 5.75 Å². The van der Waals surface area contributed by atoms with Crippen LogP contribution in [0, 0.1) is 6.92 Å². The van der Waals surface area contributed by atoms with E-state index in [0.29, 0.717) is 29.5 Å². The summed E-state index contributed by atoms with van der Waals surface area (Å²) in [4.78, 5) is 25.4. The number of aryl methyl sites for hydroxylation is 1. The molecule has 3 amide bonds. The first kappa shape index (κ1) is 17.1. The van der Waals surface area contributed by atoms with Crippen molar-refractivity contribution in [1.29, 1.82) is 0 Å². The molecule has 2 N–H and O–H groups in total. The van der Waals surface area contributed by atoms with Gasteiger partial charge in [-0.1, -0.05) is 17.7 Å². The Morgan fingerprint density at radius 3 is 2.88 bits per heavy atom. The number of nitrogens with one attached hydrogen (secondary N) is 2. The highest BCUT2D eigenvalue weighted by Gasteiger charge is 2.21. The van der Waals surface area contributed by atoms with E-state index >= 15 is 0 Å². The summed E-state index contributed by atoms with van der Waals surface area (Å²) in [6, 6.07) is 12.2. The van der Waals surface area contributed by atoms with Crippen molar-refractivity contribution >= 4 is 34.9 Å². The van der Waals surface area contributed by atoms with Gasteiger partial charge in [0.05, 0.1) is 0 Å². The fourth-order valence-electron chi connectivity index (χ4n) is 2.52. The minimum Gasteiger partial charge on any atom is -0.484 e. The molecule has 0 aromatic heterocycles. The maximum atomic E-state index is 12.1. The number of anilines is 2. The largest absolute Gasteiger partial charge is 0.484 e. The van der Waals surface area contributed by atoms with Crippen molar-refractivity contribution in [3.8, 4) is 5.75 Å². The van der Waals surface area contributed by atoms with Gasteiger partial charge in [-0.25, -0.2) is 4.79 Å². The van der Waals surface area contributed by atoms with Crippen LogP contribution in [0.2, 0.25) is 5.02 Å². The third-order valence-electron chi connectivity index (χ3n) is 3.80. The molecule has 0 spiro atoms. The highest BCUT2D eigenvalue weighted by atomic mass is 35.5. The van der Waals surface area contributed by atoms with Gasteiger partial charge in [-0.2, -0.15) is 0 Å². The Labute approximate surface area is 150 Å². The van der Waals surface area contributed by atoms with Crippen LogP contribution in [0.1, 0.15) is 5.56 Å². The number of carbonyl (C=O) groups is 2. The van der Waals surface area contributed by atoms with Crippen LogP contribution in [0.3, 0.4) is 0 Å². The Hall–Kier alpha value is -2.73. The van der Waals surface area contributed by atoms with Crippen LogP contribution in [0.4, 0.5) is 16.2 Å². The highest BCUT2D eigenvalue weighted by Crippen LogP contribution is 2.22. The molecule has 6 nitrogen and oxygen atoms in total. The molecule has 0 saturated carbocycles. The molecular formula is C18H18ClN3O3. The standard InChI is InChI=1S/C18H18ClN3O3/c1-12-9-15(5-6-16(12)19)25-11-17(23)21-13-3-2-4-14(10-13)22-8-7-20-18(22)24/h2-6,9-10H,7-8,11H2,1H3,(H,20,24)(H,21,23). The average Bonchev–Trinajstić information content (AvgIpc) is 3.02. The number of hydrogen-bond acceptors (Lipinski definition) is 3. The summed E-state index contributed by atoms with van der Waals surface area (Å²) in [5.41, 5.74) is 2.23. The summed E-state index contributed by atoms with van der Waals surface area (Å²) in [7, 11) is 0. The molecule has 1 heterocycles. The lowest BCUT2D eigenvalue weighted by Gasteiger charge is -2.15. The zero-order valence-electron chi connectivity index (χ0n) is 13.7. The first-order valence-corrected chi connectivity index (χ1v) is 8.25. The normalized spacial score (nSPS) is 13.5. The lowest BCUT2D eigenvalue weighted by Crippen LogP contribution is -2.27. The number of amides is 3. The predicted octanol–water partition coefficient (Wildman–Crippen LogP) is 3.20. The van der Waals surface area contributed by atoms with Crippen LogP contribution < -0.4 is 20.3 Å². The summed E-state index contributed by atoms with van der Waals surface area (Å²) in [5, 5.41) is 6.17. The molecule has 1 saturated heterocycles. The second-order valence-corrected chi connectivity index (χ2v) is 6.09. The lowest BCUT2D eigenvalue weighted by molar-refractivity contribution is -0.118. The van der Waals surface area contributed by atoms with E-state index in [9.17, 15) is 9.59 Å². The molecule has 2 aromatic carbocycles. The van der Waals surface area contributed by atoms with E-state index in [2.05, 4.69) is 10.6 Å². The van der Waals surface area contributed by atoms with Gasteiger partial charge < -0.3 is 15.4 Å². The van der Waals surface area contributed by atoms with Gasteiger partial charge in [0.15, 0.2) is 6.61 Å². The van der Waals surface area contributed by atoms with Gasteiger partial charge >= 0.3 is 6.03 Å². The summed E-state index contributed by atoms with van der Waals surface area (Å²) >= 11 is 5.96. The summed E-state index contributed by atoms with van der Waals surface area (Å²) in [6.45, 7) is 2.98. The third kappa shape index (κ3) is 4.22. The molecule has 130 valence electrons. The number of hydrogen-bond donors (Lipinski definition) is 2. The van der Waals surface area contributed by atoms with Gasteiger partial charge in [-0.3, -0.25) is 9.69 Å². The highest BCUT2D eigenvalue weighted by molar-refractivity contribution is 6.31. The van der Waals surface area contributed by atoms with Gasteiger partial charge in [0, 0.05) is 29.5 Å². The molecule has 0 unspecified atom stereocenters. The molecule has 0 bridgehead atoms. The molecule has 1 aliphatic rings. The van der Waals surface area contributed by atoms with Crippen LogP contribution in [0.5, 0.6) is 5.75 Å². The maximum absolute atomic E-state index is 12.1. The second-order valence-electron chi connectivity index (χ2n) is 5.68. The molecule has 0 atom stereocenters. The molecular weight excluding hydrogens is 342 g/mol. The lowest BCUT2D eigenvalue weighted by atomic mass is 10.2. The van der Waals surface area contributed by atoms with E-state index in [1.165, 1.54) is 0 Å². The number of ether oxygens (including phenoxy) is 1. The molecule has 1 aliphatic heterocycles. The van der Waals surface area contributed by atoms with Gasteiger partial charge in [0.25, 0.3) is 5.91 Å². The maximum Gasteiger partial charge on any atom is 0.321 e. The zero-order chi connectivity index (χ0) is 17.8. The number of benzene rings is 2. The van der Waals surface area contributed by atoms with Crippen molar-refractivity contribution in [2.24, 2.45) is 0 Å². The summed E-state index contributed by atoms with van der Waals surface area (Å²) < 4.78 is 5.48. The number of urea groups is 1. The van der Waals surface area contributed by atoms with E-state index < -0.39 is 0 Å². The van der Waals surface area contributed by atoms with Gasteiger partial charge in [0.2, 0.25) is 0 Å². The predicted molar refractivity (Wildman–Crippen MR) is 97.5 cm³/mol. The molecule has 25 heavy (non-hydrogen) atoms. The minimum absolute atomic E-state index is 0.116. The van der Waals surface area contributed by atoms with Gasteiger partial charge in [-0.05, 0) is 48.9 Å². The van der Waals surface area contributed by atoms with Crippen LogP contribution in [0.25, 0.3) is 0 Å². The van der Waals surface area contributed by atoms with Crippen molar-refractivity contribution in [3.63, 3.8) is 0 Å². The van der Waals surface area contributed by atoms with E-state index in [1.54, 1.807) is 41.3 Å². The van der Waals surface area contributed by atoms with E-state index in [1.807, 2.05) is 13.0 Å². The second kappa shape index (κ2) is 7.44. The van der Waals surface area contributed by atoms with Crippen molar-refractivity contribution < 1.29 is 14.3 Å². The Morgan fingerprint density at radius 2 is 2.16 bits per heavy atom. The Morgan fingerprint density at radius 1 is 1.32 bits per heavy atom. The monoisotopic (exact) mass is 359 g/mol. The SMILES string of the molecule is Cc1cc(OCC(=O)Nc2cccc(N3CCNC3=O)c2)ccc1Cl. The van der Waals surface area contributed by atoms with Crippen molar-refractivity contribution in [2.75, 3.05) is 29.9 Å². The minimum atomic E-state index is -0.282. The summed E-state index contributed by atoms with van der Waals surface area (Å²) in [6.07, 6.45) is 0. The molecule has 3 rings (SSSR count). The Balaban J connectivity index is 1.59. The topological polar surface area (TPSA) is 70.7 Å². The molecule has 1 fully saturated rings. The number of halogens is 1. The van der Waals surface area contributed by atoms with Crippen LogP contribution in [0.15, 0.2) is 42.5 Å². The smallest absolute Gasteiger partial charge is 0.321 e. The molecule has 7 heteroatoms. The van der Waals surface area contributed by atoms with Crippen LogP contribution >= 0.6 is 11.6 Å². The molecule has 0 aliphatic carbocycles. The molecule has 0 radical (unpaired) electrons. The number of rotatable bonds is 5. The van der Waals surface area contributed by atoms with Gasteiger partial charge in [-0.15, -0.1) is 0 Å². The third-order valence-corrected chi connectivity index (χ3v) is 4.22. The van der Waals surface area contributed by atoms with E-state index in [-0.39, 0.29) is 18.5 Å². The summed E-state index contributed by atoms with van der Waals surface area (Å²) in [5.74, 6) is 0.301. The average molecular weight is 360 g/mol. The fourth-order valence-corrected chi connectivity index (χ4v) is 2.64. The molecule has 2 aromatic rings. The fraction of sp³-hybridized carbons (Fsp3) is 0.222. The Kier molecular flexibility index (Phi) is 5.09. The van der Waals surface area contributed by atoms with Crippen LogP contribution in [-0.2, 0) is 4.79 Å². The number of nitrogens with zero attached hydrogens (tertiary/aromatic N) is 1. The van der Waals surface area contributed by atoms with Crippen molar-refractivity contribution in [3.05, 3.63) is 53.1 Å². The first-order chi connectivity index (χ1) is 12.0. The number of carbonyl (C=O) groups excluding carboxylic acids is 2. The van der Waals surface area contributed by atoms with Crippen molar-refractivity contribution in [2.45, 2.75) is 6.92 Å². The zero-order valence-corrected chi connectivity index (χ0v) is 14.5. The first-order valence-electron chi connectivity index (χ1n) is 7.87. The van der Waals surface area contributed by atoms with E-state index in [0.717, 1.165) is 11.3 Å². The van der Waals surface area contributed by atoms with Crippen LogP contribution in [-0.4, -0.2) is 31.6 Å². The quantitative estimate of drug-likeness (QED) is 0.861. The Bertz CT molecular complexity index is 810.